The van der Waals surface area contributed by atoms with Gasteiger partial charge in [0.25, 0.3) is 0 Å². The molecule has 4 heteroatoms. The van der Waals surface area contributed by atoms with E-state index in [2.05, 4.69) is 46.6 Å². The number of benzene rings is 2. The molecule has 0 radical (unpaired) electrons. The maximum absolute atomic E-state index is 5.79. The molecule has 1 saturated heterocycles. The first-order valence-electron chi connectivity index (χ1n) is 8.72. The van der Waals surface area contributed by atoms with Gasteiger partial charge in [0.05, 0.1) is 19.8 Å². The highest BCUT2D eigenvalue weighted by Gasteiger charge is 2.09. The Labute approximate surface area is 144 Å². The SMILES string of the molecule is c1ccc(COCCCOc2ccc(N3CCNCC3)cc2)cc1. The van der Waals surface area contributed by atoms with E-state index >= 15 is 0 Å². The Morgan fingerprint density at radius 2 is 1.62 bits per heavy atom. The number of nitrogens with zero attached hydrogens (tertiary/aromatic N) is 1. The number of nitrogens with one attached hydrogen (secondary N) is 1. The van der Waals surface area contributed by atoms with E-state index in [1.165, 1.54) is 11.3 Å². The van der Waals surface area contributed by atoms with Gasteiger partial charge in [-0.05, 0) is 29.8 Å². The topological polar surface area (TPSA) is 33.7 Å². The molecular weight excluding hydrogens is 300 g/mol. The summed E-state index contributed by atoms with van der Waals surface area (Å²) in [6.07, 6.45) is 0.895. The van der Waals surface area contributed by atoms with Crippen LogP contribution in [0.3, 0.4) is 0 Å². The zero-order chi connectivity index (χ0) is 16.5. The van der Waals surface area contributed by atoms with Gasteiger partial charge in [0.2, 0.25) is 0 Å². The van der Waals surface area contributed by atoms with Gasteiger partial charge in [-0.2, -0.15) is 0 Å². The predicted octanol–water partition coefficient (Wildman–Crippen LogP) is 3.08. The maximum Gasteiger partial charge on any atom is 0.119 e. The van der Waals surface area contributed by atoms with Crippen molar-refractivity contribution in [2.24, 2.45) is 0 Å². The van der Waals surface area contributed by atoms with E-state index < -0.39 is 0 Å². The summed E-state index contributed by atoms with van der Waals surface area (Å²) in [5.74, 6) is 0.928. The lowest BCUT2D eigenvalue weighted by Crippen LogP contribution is -2.43. The molecule has 1 aliphatic heterocycles. The van der Waals surface area contributed by atoms with Crippen molar-refractivity contribution < 1.29 is 9.47 Å². The Hall–Kier alpha value is -2.04. The zero-order valence-corrected chi connectivity index (χ0v) is 14.1. The van der Waals surface area contributed by atoms with Gasteiger partial charge < -0.3 is 19.7 Å². The average molecular weight is 326 g/mol. The molecule has 0 aromatic heterocycles. The summed E-state index contributed by atoms with van der Waals surface area (Å²) >= 11 is 0. The molecule has 2 aromatic rings. The van der Waals surface area contributed by atoms with Gasteiger partial charge in [0.1, 0.15) is 5.75 Å². The third-order valence-corrected chi connectivity index (χ3v) is 4.13. The second-order valence-electron chi connectivity index (χ2n) is 5.97. The smallest absolute Gasteiger partial charge is 0.119 e. The minimum absolute atomic E-state index is 0.667. The second-order valence-corrected chi connectivity index (χ2v) is 5.97. The first-order chi connectivity index (χ1) is 11.9. The van der Waals surface area contributed by atoms with E-state index in [1.807, 2.05) is 18.2 Å². The molecule has 0 unspecified atom stereocenters. The van der Waals surface area contributed by atoms with Crippen molar-refractivity contribution in [3.63, 3.8) is 0 Å². The summed E-state index contributed by atoms with van der Waals surface area (Å²) in [4.78, 5) is 2.40. The fraction of sp³-hybridized carbons (Fsp3) is 0.400. The van der Waals surface area contributed by atoms with Gasteiger partial charge in [-0.25, -0.2) is 0 Å². The third-order valence-electron chi connectivity index (χ3n) is 4.13. The minimum atomic E-state index is 0.667. The van der Waals surface area contributed by atoms with E-state index in [-0.39, 0.29) is 0 Å². The lowest BCUT2D eigenvalue weighted by atomic mass is 10.2. The lowest BCUT2D eigenvalue weighted by Gasteiger charge is -2.29. The largest absolute Gasteiger partial charge is 0.494 e. The summed E-state index contributed by atoms with van der Waals surface area (Å²) in [7, 11) is 0. The Bertz CT molecular complexity index is 580. The number of rotatable bonds is 8. The van der Waals surface area contributed by atoms with Crippen molar-refractivity contribution in [3.8, 4) is 5.75 Å². The fourth-order valence-electron chi connectivity index (χ4n) is 2.79. The van der Waals surface area contributed by atoms with Gasteiger partial charge in [-0.1, -0.05) is 30.3 Å². The van der Waals surface area contributed by atoms with Gasteiger partial charge >= 0.3 is 0 Å². The number of hydrogen-bond donors (Lipinski definition) is 1. The van der Waals surface area contributed by atoms with Crippen molar-refractivity contribution in [3.05, 3.63) is 60.2 Å². The van der Waals surface area contributed by atoms with Gasteiger partial charge in [0, 0.05) is 38.3 Å². The molecule has 4 nitrogen and oxygen atoms in total. The first kappa shape index (κ1) is 16.8. The predicted molar refractivity (Wildman–Crippen MR) is 97.7 cm³/mol. The molecule has 1 fully saturated rings. The summed E-state index contributed by atoms with van der Waals surface area (Å²) in [5.41, 5.74) is 2.48. The van der Waals surface area contributed by atoms with Crippen molar-refractivity contribution in [2.75, 3.05) is 44.3 Å². The van der Waals surface area contributed by atoms with E-state index in [0.717, 1.165) is 38.3 Å². The van der Waals surface area contributed by atoms with Crippen molar-refractivity contribution in [1.82, 2.24) is 5.32 Å². The molecular formula is C20H26N2O2. The van der Waals surface area contributed by atoms with Gasteiger partial charge in [0.15, 0.2) is 0 Å². The molecule has 128 valence electrons. The van der Waals surface area contributed by atoms with Crippen molar-refractivity contribution in [1.29, 1.82) is 0 Å². The average Bonchev–Trinajstić information content (AvgIpc) is 2.67. The molecule has 0 atom stereocenters. The number of anilines is 1. The lowest BCUT2D eigenvalue weighted by molar-refractivity contribution is 0.107. The Balaban J connectivity index is 1.32. The monoisotopic (exact) mass is 326 g/mol. The number of ether oxygens (including phenoxy) is 2. The van der Waals surface area contributed by atoms with E-state index in [4.69, 9.17) is 9.47 Å². The van der Waals surface area contributed by atoms with Gasteiger partial charge in [-0.15, -0.1) is 0 Å². The summed E-state index contributed by atoms with van der Waals surface area (Å²) in [6.45, 7) is 6.32. The van der Waals surface area contributed by atoms with E-state index in [9.17, 15) is 0 Å². The molecule has 0 spiro atoms. The summed E-state index contributed by atoms with van der Waals surface area (Å²) in [5, 5.41) is 3.37. The Morgan fingerprint density at radius 1 is 0.875 bits per heavy atom. The quantitative estimate of drug-likeness (QED) is 0.756. The molecule has 0 bridgehead atoms. The molecule has 1 aliphatic rings. The van der Waals surface area contributed by atoms with E-state index in [0.29, 0.717) is 19.8 Å². The summed E-state index contributed by atoms with van der Waals surface area (Å²) in [6, 6.07) is 18.7. The summed E-state index contributed by atoms with van der Waals surface area (Å²) < 4.78 is 11.5. The molecule has 3 rings (SSSR count). The third kappa shape index (κ3) is 5.25. The molecule has 24 heavy (non-hydrogen) atoms. The highest BCUT2D eigenvalue weighted by molar-refractivity contribution is 5.49. The molecule has 0 aliphatic carbocycles. The highest BCUT2D eigenvalue weighted by atomic mass is 16.5. The fourth-order valence-corrected chi connectivity index (χ4v) is 2.79. The van der Waals surface area contributed by atoms with Crippen LogP contribution in [0.15, 0.2) is 54.6 Å². The van der Waals surface area contributed by atoms with Crippen LogP contribution in [-0.2, 0) is 11.3 Å². The highest BCUT2D eigenvalue weighted by Crippen LogP contribution is 2.19. The number of hydrogen-bond acceptors (Lipinski definition) is 4. The van der Waals surface area contributed by atoms with Crippen LogP contribution in [0.1, 0.15) is 12.0 Å². The maximum atomic E-state index is 5.79. The normalized spacial score (nSPS) is 14.6. The Morgan fingerprint density at radius 3 is 2.38 bits per heavy atom. The number of piperazine rings is 1. The van der Waals surface area contributed by atoms with Crippen LogP contribution in [0.5, 0.6) is 5.75 Å². The minimum Gasteiger partial charge on any atom is -0.494 e. The van der Waals surface area contributed by atoms with Gasteiger partial charge in [-0.3, -0.25) is 0 Å². The molecule has 0 saturated carbocycles. The van der Waals surface area contributed by atoms with Crippen LogP contribution < -0.4 is 15.0 Å². The molecule has 2 aromatic carbocycles. The van der Waals surface area contributed by atoms with Crippen LogP contribution in [0.25, 0.3) is 0 Å². The standard InChI is InChI=1S/C20H26N2O2/c1-2-5-18(6-3-1)17-23-15-4-16-24-20-9-7-19(8-10-20)22-13-11-21-12-14-22/h1-3,5-10,21H,4,11-17H2. The van der Waals surface area contributed by atoms with Crippen LogP contribution in [0.4, 0.5) is 5.69 Å². The molecule has 1 N–H and O–H groups in total. The zero-order valence-electron chi connectivity index (χ0n) is 14.1. The molecule has 1 heterocycles. The van der Waals surface area contributed by atoms with Crippen molar-refractivity contribution >= 4 is 5.69 Å². The van der Waals surface area contributed by atoms with Crippen LogP contribution in [0, 0.1) is 0 Å². The first-order valence-corrected chi connectivity index (χ1v) is 8.72. The van der Waals surface area contributed by atoms with E-state index in [1.54, 1.807) is 0 Å². The molecule has 0 amide bonds. The second kappa shape index (κ2) is 9.30. The van der Waals surface area contributed by atoms with Crippen LogP contribution in [0.2, 0.25) is 0 Å². The Kier molecular flexibility index (Phi) is 6.51. The van der Waals surface area contributed by atoms with Crippen LogP contribution in [-0.4, -0.2) is 39.4 Å². The van der Waals surface area contributed by atoms with Crippen LogP contribution >= 0.6 is 0 Å². The van der Waals surface area contributed by atoms with Crippen molar-refractivity contribution in [2.45, 2.75) is 13.0 Å².